The van der Waals surface area contributed by atoms with Gasteiger partial charge in [0.1, 0.15) is 0 Å². The molecule has 0 heterocycles. The second-order valence-corrected chi connectivity index (χ2v) is 6.13. The van der Waals surface area contributed by atoms with Gasteiger partial charge in [-0.1, -0.05) is 35.9 Å². The van der Waals surface area contributed by atoms with Crippen LogP contribution >= 0.6 is 23.4 Å². The van der Waals surface area contributed by atoms with E-state index in [9.17, 15) is 9.59 Å². The second kappa shape index (κ2) is 8.19. The molecule has 0 bridgehead atoms. The average molecular weight is 354 g/mol. The van der Waals surface area contributed by atoms with Crippen LogP contribution in [-0.4, -0.2) is 42.5 Å². The smallest absolute Gasteiger partial charge is 0.330 e. The number of thioether (sulfide) groups is 1. The summed E-state index contributed by atoms with van der Waals surface area (Å²) in [5, 5.41) is 14.0. The first-order valence-electron chi connectivity index (χ1n) is 6.85. The van der Waals surface area contributed by atoms with Crippen LogP contribution in [-0.2, 0) is 14.3 Å². The molecule has 2 aromatic carbocycles. The Morgan fingerprint density at radius 1 is 1.30 bits per heavy atom. The number of aliphatic hydroxyl groups is 1. The number of ether oxygens (including phenoxy) is 1. The predicted molar refractivity (Wildman–Crippen MR) is 90.7 cm³/mol. The largest absolute Gasteiger partial charge is 0.467 e. The molecule has 0 saturated heterocycles. The highest BCUT2D eigenvalue weighted by Crippen LogP contribution is 2.33. The Morgan fingerprint density at radius 3 is 2.65 bits per heavy atom. The lowest BCUT2D eigenvalue weighted by molar-refractivity contribution is -0.145. The highest BCUT2D eigenvalue weighted by molar-refractivity contribution is 8.00. The molecular formula is C16H16ClNO4S. The van der Waals surface area contributed by atoms with Crippen molar-refractivity contribution >= 4 is 46.0 Å². The van der Waals surface area contributed by atoms with E-state index < -0.39 is 18.6 Å². The van der Waals surface area contributed by atoms with E-state index in [0.717, 1.165) is 15.7 Å². The monoisotopic (exact) mass is 353 g/mol. The van der Waals surface area contributed by atoms with E-state index in [1.165, 1.54) is 18.9 Å². The van der Waals surface area contributed by atoms with Crippen molar-refractivity contribution in [2.75, 3.05) is 19.5 Å². The van der Waals surface area contributed by atoms with Crippen molar-refractivity contribution in [3.63, 3.8) is 0 Å². The highest BCUT2D eigenvalue weighted by atomic mass is 35.5. The van der Waals surface area contributed by atoms with Crippen molar-refractivity contribution < 1.29 is 19.4 Å². The van der Waals surface area contributed by atoms with Crippen LogP contribution in [0.5, 0.6) is 0 Å². The molecule has 1 atom stereocenters. The quantitative estimate of drug-likeness (QED) is 0.615. The molecule has 7 heteroatoms. The first kappa shape index (κ1) is 17.6. The molecular weight excluding hydrogens is 338 g/mol. The van der Waals surface area contributed by atoms with Gasteiger partial charge in [-0.05, 0) is 17.5 Å². The molecule has 0 fully saturated rings. The van der Waals surface area contributed by atoms with Gasteiger partial charge >= 0.3 is 5.97 Å². The molecule has 0 aliphatic rings. The Morgan fingerprint density at radius 2 is 2.00 bits per heavy atom. The number of nitrogens with one attached hydrogen (secondary N) is 1. The molecule has 0 radical (unpaired) electrons. The molecule has 5 nitrogen and oxygen atoms in total. The standard InChI is InChI=1S/C16H16ClNO4S/c1-22-16(21)12(8-19)18-14(20)9-23-13-7-3-5-10-4-2-6-11(17)15(10)13/h2-7,12,19H,8-9H2,1H3,(H,18,20)/t12-/m0/s1. The fourth-order valence-electron chi connectivity index (χ4n) is 2.08. The zero-order valence-electron chi connectivity index (χ0n) is 12.4. The van der Waals surface area contributed by atoms with Gasteiger partial charge in [0, 0.05) is 15.3 Å². The van der Waals surface area contributed by atoms with Crippen LogP contribution in [0.4, 0.5) is 0 Å². The van der Waals surface area contributed by atoms with E-state index in [1.54, 1.807) is 6.07 Å². The van der Waals surface area contributed by atoms with Crippen molar-refractivity contribution in [2.24, 2.45) is 0 Å². The van der Waals surface area contributed by atoms with Crippen LogP contribution in [0.1, 0.15) is 0 Å². The van der Waals surface area contributed by atoms with E-state index in [1.807, 2.05) is 30.3 Å². The Kier molecular flexibility index (Phi) is 6.27. The van der Waals surface area contributed by atoms with Crippen LogP contribution in [0.25, 0.3) is 10.8 Å². The normalized spacial score (nSPS) is 12.0. The summed E-state index contributed by atoms with van der Waals surface area (Å²) in [4.78, 5) is 24.2. The molecule has 0 aliphatic heterocycles. The molecule has 2 aromatic rings. The lowest BCUT2D eigenvalue weighted by Gasteiger charge is -2.14. The summed E-state index contributed by atoms with van der Waals surface area (Å²) >= 11 is 7.55. The number of methoxy groups -OCH3 is 1. The van der Waals surface area contributed by atoms with Gasteiger partial charge in [-0.15, -0.1) is 11.8 Å². The molecule has 23 heavy (non-hydrogen) atoms. The number of benzene rings is 2. The Labute approximate surface area is 143 Å². The molecule has 0 unspecified atom stereocenters. The first-order chi connectivity index (χ1) is 11.1. The fourth-order valence-corrected chi connectivity index (χ4v) is 3.34. The van der Waals surface area contributed by atoms with Gasteiger partial charge in [-0.3, -0.25) is 4.79 Å². The maximum atomic E-state index is 11.9. The first-order valence-corrected chi connectivity index (χ1v) is 8.21. The zero-order valence-corrected chi connectivity index (χ0v) is 14.0. The number of amides is 1. The summed E-state index contributed by atoms with van der Waals surface area (Å²) < 4.78 is 4.50. The number of carbonyl (C=O) groups excluding carboxylic acids is 2. The van der Waals surface area contributed by atoms with Crippen LogP contribution in [0.3, 0.4) is 0 Å². The molecule has 0 aliphatic carbocycles. The second-order valence-electron chi connectivity index (χ2n) is 4.71. The summed E-state index contributed by atoms with van der Waals surface area (Å²) in [7, 11) is 1.20. The predicted octanol–water partition coefficient (Wildman–Crippen LogP) is 2.24. The minimum absolute atomic E-state index is 0.0951. The molecule has 0 saturated carbocycles. The third-order valence-electron chi connectivity index (χ3n) is 3.18. The number of rotatable bonds is 6. The maximum absolute atomic E-state index is 11.9. The minimum atomic E-state index is -1.05. The number of esters is 1. The number of hydrogen-bond donors (Lipinski definition) is 2. The van der Waals surface area contributed by atoms with Crippen molar-refractivity contribution in [1.29, 1.82) is 0 Å². The van der Waals surface area contributed by atoms with Crippen molar-refractivity contribution in [3.05, 3.63) is 41.4 Å². The number of hydrogen-bond acceptors (Lipinski definition) is 5. The van der Waals surface area contributed by atoms with Crippen molar-refractivity contribution in [1.82, 2.24) is 5.32 Å². The van der Waals surface area contributed by atoms with E-state index in [4.69, 9.17) is 16.7 Å². The molecule has 122 valence electrons. The highest BCUT2D eigenvalue weighted by Gasteiger charge is 2.20. The van der Waals surface area contributed by atoms with Gasteiger partial charge in [-0.2, -0.15) is 0 Å². The number of halogens is 1. The summed E-state index contributed by atoms with van der Waals surface area (Å²) in [6.07, 6.45) is 0. The molecule has 0 aromatic heterocycles. The fraction of sp³-hybridized carbons (Fsp3) is 0.250. The van der Waals surface area contributed by atoms with Crippen LogP contribution in [0.15, 0.2) is 41.3 Å². The van der Waals surface area contributed by atoms with Crippen molar-refractivity contribution in [3.8, 4) is 0 Å². The number of fused-ring (bicyclic) bond motifs is 1. The zero-order chi connectivity index (χ0) is 16.8. The van der Waals surface area contributed by atoms with E-state index in [-0.39, 0.29) is 11.7 Å². The summed E-state index contributed by atoms with van der Waals surface area (Å²) in [6.45, 7) is -0.511. The Bertz CT molecular complexity index is 717. The lowest BCUT2D eigenvalue weighted by Crippen LogP contribution is -2.44. The molecule has 0 spiro atoms. The third-order valence-corrected chi connectivity index (χ3v) is 4.55. The van der Waals surface area contributed by atoms with E-state index in [2.05, 4.69) is 10.1 Å². The molecule has 2 N–H and O–H groups in total. The molecule has 1 amide bonds. The Balaban J connectivity index is 2.06. The van der Waals surface area contributed by atoms with Crippen LogP contribution in [0, 0.1) is 0 Å². The topological polar surface area (TPSA) is 75.6 Å². The van der Waals surface area contributed by atoms with Gasteiger partial charge < -0.3 is 15.2 Å². The van der Waals surface area contributed by atoms with Crippen molar-refractivity contribution in [2.45, 2.75) is 10.9 Å². The van der Waals surface area contributed by atoms with Gasteiger partial charge in [0.05, 0.1) is 19.5 Å². The summed E-state index contributed by atoms with van der Waals surface area (Å²) in [5.41, 5.74) is 0. The third kappa shape index (κ3) is 4.37. The van der Waals surface area contributed by atoms with E-state index >= 15 is 0 Å². The SMILES string of the molecule is COC(=O)[C@H](CO)NC(=O)CSc1cccc2cccc(Cl)c12. The number of aliphatic hydroxyl groups excluding tert-OH is 1. The van der Waals surface area contributed by atoms with Gasteiger partial charge in [0.2, 0.25) is 5.91 Å². The van der Waals surface area contributed by atoms with Gasteiger partial charge in [0.15, 0.2) is 6.04 Å². The average Bonchev–Trinajstić information content (AvgIpc) is 2.57. The van der Waals surface area contributed by atoms with Gasteiger partial charge in [-0.25, -0.2) is 4.79 Å². The van der Waals surface area contributed by atoms with Gasteiger partial charge in [0.25, 0.3) is 0 Å². The number of carbonyl (C=O) groups is 2. The van der Waals surface area contributed by atoms with Crippen LogP contribution < -0.4 is 5.32 Å². The summed E-state index contributed by atoms with van der Waals surface area (Å²) in [5.74, 6) is -0.958. The van der Waals surface area contributed by atoms with Crippen LogP contribution in [0.2, 0.25) is 5.02 Å². The maximum Gasteiger partial charge on any atom is 0.330 e. The van der Waals surface area contributed by atoms with E-state index in [0.29, 0.717) is 5.02 Å². The lowest BCUT2D eigenvalue weighted by atomic mass is 10.1. The Hall–Kier alpha value is -1.76. The molecule has 2 rings (SSSR count). The summed E-state index contributed by atoms with van der Waals surface area (Å²) in [6, 6.07) is 10.3. The minimum Gasteiger partial charge on any atom is -0.467 e.